The number of para-hydroxylation sites is 1. The molecule has 0 aliphatic carbocycles. The van der Waals surface area contributed by atoms with Crippen LogP contribution in [0.2, 0.25) is 0 Å². The Hall–Kier alpha value is -1.72. The largest absolute Gasteiger partial charge is 0.382 e. The lowest BCUT2D eigenvalue weighted by Crippen LogP contribution is -2.45. The highest BCUT2D eigenvalue weighted by atomic mass is 16.5. The molecule has 1 aromatic heterocycles. The molecule has 0 amide bonds. The highest BCUT2D eigenvalue weighted by molar-refractivity contribution is 5.88. The minimum Gasteiger partial charge on any atom is -0.382 e. The van der Waals surface area contributed by atoms with Gasteiger partial charge in [0.2, 0.25) is 0 Å². The van der Waals surface area contributed by atoms with E-state index >= 15 is 0 Å². The lowest BCUT2D eigenvalue weighted by atomic mass is 9.93. The first-order valence-electron chi connectivity index (χ1n) is 9.04. The van der Waals surface area contributed by atoms with Crippen molar-refractivity contribution in [3.8, 4) is 0 Å². The van der Waals surface area contributed by atoms with Crippen LogP contribution >= 0.6 is 0 Å². The van der Waals surface area contributed by atoms with E-state index in [0.717, 1.165) is 62.4 Å². The summed E-state index contributed by atoms with van der Waals surface area (Å²) in [6, 6.07) is 8.65. The Balaban J connectivity index is 1.57. The molecule has 130 valence electrons. The zero-order valence-electron chi connectivity index (χ0n) is 14.7. The first-order valence-corrected chi connectivity index (χ1v) is 9.04. The predicted molar refractivity (Wildman–Crippen MR) is 98.3 cm³/mol. The fourth-order valence-corrected chi connectivity index (χ4v) is 3.48. The van der Waals surface area contributed by atoms with Crippen LogP contribution in [0.25, 0.3) is 10.9 Å². The Morgan fingerprint density at radius 3 is 3.00 bits per heavy atom. The van der Waals surface area contributed by atoms with Crippen molar-refractivity contribution >= 4 is 16.7 Å². The number of nitrogens with one attached hydrogen (secondary N) is 1. The fourth-order valence-electron chi connectivity index (χ4n) is 3.48. The van der Waals surface area contributed by atoms with Gasteiger partial charge in [-0.1, -0.05) is 19.1 Å². The van der Waals surface area contributed by atoms with E-state index in [0.29, 0.717) is 12.0 Å². The summed E-state index contributed by atoms with van der Waals surface area (Å²) in [5.74, 6) is 1.56. The molecule has 0 bridgehead atoms. The Morgan fingerprint density at radius 1 is 1.29 bits per heavy atom. The van der Waals surface area contributed by atoms with Crippen LogP contribution in [0.4, 0.5) is 5.82 Å². The fraction of sp³-hybridized carbons (Fsp3) is 0.579. The molecule has 3 rings (SSSR count). The number of nitrogens with zero attached hydrogens (tertiary/aromatic N) is 3. The number of anilines is 1. The van der Waals surface area contributed by atoms with Crippen LogP contribution < -0.4 is 5.32 Å². The molecule has 2 heterocycles. The summed E-state index contributed by atoms with van der Waals surface area (Å²) in [5.41, 5.74) is 0.996. The molecule has 2 unspecified atom stereocenters. The Bertz CT molecular complexity index is 643. The van der Waals surface area contributed by atoms with E-state index in [4.69, 9.17) is 4.74 Å². The molecule has 1 aliphatic heterocycles. The molecule has 5 heteroatoms. The van der Waals surface area contributed by atoms with Gasteiger partial charge in [-0.3, -0.25) is 0 Å². The van der Waals surface area contributed by atoms with Crippen molar-refractivity contribution in [3.05, 3.63) is 30.6 Å². The zero-order chi connectivity index (χ0) is 16.8. The molecule has 2 atom stereocenters. The van der Waals surface area contributed by atoms with Crippen molar-refractivity contribution in [1.82, 2.24) is 14.9 Å². The average molecular weight is 328 g/mol. The van der Waals surface area contributed by atoms with Crippen molar-refractivity contribution in [3.63, 3.8) is 0 Å². The van der Waals surface area contributed by atoms with Crippen LogP contribution in [0, 0.1) is 5.92 Å². The molecule has 2 aromatic rings. The van der Waals surface area contributed by atoms with Gasteiger partial charge in [0.1, 0.15) is 12.1 Å². The lowest BCUT2D eigenvalue weighted by Gasteiger charge is -2.37. The standard InChI is InChI=1S/C19H28N4O/c1-3-24-12-6-10-23-11-9-17(15(2)13-23)22-19-16-7-4-5-8-18(16)20-14-21-19/h4-5,7-8,14-15,17H,3,6,9-13H2,1-2H3,(H,20,21,22). The molecule has 5 nitrogen and oxygen atoms in total. The van der Waals surface area contributed by atoms with Crippen LogP contribution in [0.3, 0.4) is 0 Å². The average Bonchev–Trinajstić information content (AvgIpc) is 2.61. The number of fused-ring (bicyclic) bond motifs is 1. The maximum atomic E-state index is 5.44. The molecule has 0 spiro atoms. The zero-order valence-corrected chi connectivity index (χ0v) is 14.7. The number of ether oxygens (including phenoxy) is 1. The lowest BCUT2D eigenvalue weighted by molar-refractivity contribution is 0.117. The minimum absolute atomic E-state index is 0.464. The SMILES string of the molecule is CCOCCCN1CCC(Nc2ncnc3ccccc23)C(C)C1. The molecule has 1 saturated heterocycles. The van der Waals surface area contributed by atoms with Crippen molar-refractivity contribution < 1.29 is 4.74 Å². The molecule has 1 aliphatic rings. The number of rotatable bonds is 7. The van der Waals surface area contributed by atoms with Crippen molar-refractivity contribution in [1.29, 1.82) is 0 Å². The summed E-state index contributed by atoms with van der Waals surface area (Å²) in [5, 5.41) is 4.77. The molecule has 24 heavy (non-hydrogen) atoms. The summed E-state index contributed by atoms with van der Waals surface area (Å²) >= 11 is 0. The highest BCUT2D eigenvalue weighted by Gasteiger charge is 2.26. The molecule has 0 radical (unpaired) electrons. The summed E-state index contributed by atoms with van der Waals surface area (Å²) < 4.78 is 5.44. The van der Waals surface area contributed by atoms with Crippen LogP contribution in [0.5, 0.6) is 0 Å². The van der Waals surface area contributed by atoms with Gasteiger partial charge in [-0.2, -0.15) is 0 Å². The van der Waals surface area contributed by atoms with Gasteiger partial charge in [-0.15, -0.1) is 0 Å². The maximum absolute atomic E-state index is 5.44. The van der Waals surface area contributed by atoms with E-state index in [1.54, 1.807) is 6.33 Å². The third-order valence-electron chi connectivity index (χ3n) is 4.82. The topological polar surface area (TPSA) is 50.3 Å². The van der Waals surface area contributed by atoms with Gasteiger partial charge in [0.15, 0.2) is 0 Å². The van der Waals surface area contributed by atoms with Crippen LogP contribution in [0.15, 0.2) is 30.6 Å². The summed E-state index contributed by atoms with van der Waals surface area (Å²) in [4.78, 5) is 11.4. The molecular formula is C19H28N4O. The Morgan fingerprint density at radius 2 is 2.17 bits per heavy atom. The summed E-state index contributed by atoms with van der Waals surface area (Å²) in [6.07, 6.45) is 3.92. The van der Waals surface area contributed by atoms with Crippen molar-refractivity contribution in [2.75, 3.05) is 38.2 Å². The van der Waals surface area contributed by atoms with Crippen molar-refractivity contribution in [2.45, 2.75) is 32.7 Å². The minimum atomic E-state index is 0.464. The van der Waals surface area contributed by atoms with Gasteiger partial charge in [-0.25, -0.2) is 9.97 Å². The van der Waals surface area contributed by atoms with E-state index < -0.39 is 0 Å². The number of piperidine rings is 1. The van der Waals surface area contributed by atoms with Gasteiger partial charge in [-0.05, 0) is 37.8 Å². The normalized spacial score (nSPS) is 21.9. The summed E-state index contributed by atoms with van der Waals surface area (Å²) in [6.45, 7) is 9.47. The van der Waals surface area contributed by atoms with Gasteiger partial charge in [0.05, 0.1) is 5.52 Å². The number of hydrogen-bond donors (Lipinski definition) is 1. The molecule has 0 saturated carbocycles. The van der Waals surface area contributed by atoms with Gasteiger partial charge < -0.3 is 15.0 Å². The molecule has 1 fully saturated rings. The first-order chi connectivity index (χ1) is 11.8. The maximum Gasteiger partial charge on any atom is 0.137 e. The van der Waals surface area contributed by atoms with Gasteiger partial charge in [0.25, 0.3) is 0 Å². The number of hydrogen-bond acceptors (Lipinski definition) is 5. The predicted octanol–water partition coefficient (Wildman–Crippen LogP) is 3.18. The van der Waals surface area contributed by atoms with E-state index in [2.05, 4.69) is 40.1 Å². The third kappa shape index (κ3) is 4.22. The van der Waals surface area contributed by atoms with Crippen LogP contribution in [-0.2, 0) is 4.74 Å². The van der Waals surface area contributed by atoms with Crippen LogP contribution in [-0.4, -0.2) is 53.8 Å². The van der Waals surface area contributed by atoms with E-state index in [1.807, 2.05) is 18.2 Å². The first kappa shape index (κ1) is 17.1. The van der Waals surface area contributed by atoms with Crippen LogP contribution in [0.1, 0.15) is 26.7 Å². The quantitative estimate of drug-likeness (QED) is 0.791. The highest BCUT2D eigenvalue weighted by Crippen LogP contribution is 2.24. The van der Waals surface area contributed by atoms with E-state index in [1.165, 1.54) is 0 Å². The monoisotopic (exact) mass is 328 g/mol. The molecule has 1 aromatic carbocycles. The van der Waals surface area contributed by atoms with E-state index in [9.17, 15) is 0 Å². The third-order valence-corrected chi connectivity index (χ3v) is 4.82. The smallest absolute Gasteiger partial charge is 0.137 e. The Kier molecular flexibility index (Phi) is 5.99. The molecular weight excluding hydrogens is 300 g/mol. The number of aromatic nitrogens is 2. The number of benzene rings is 1. The Labute approximate surface area is 144 Å². The van der Waals surface area contributed by atoms with Crippen molar-refractivity contribution in [2.24, 2.45) is 5.92 Å². The number of likely N-dealkylation sites (tertiary alicyclic amines) is 1. The second kappa shape index (κ2) is 8.40. The van der Waals surface area contributed by atoms with Gasteiger partial charge >= 0.3 is 0 Å². The summed E-state index contributed by atoms with van der Waals surface area (Å²) in [7, 11) is 0. The van der Waals surface area contributed by atoms with Gasteiger partial charge in [0, 0.05) is 44.3 Å². The molecule has 1 N–H and O–H groups in total. The second-order valence-corrected chi connectivity index (χ2v) is 6.61. The second-order valence-electron chi connectivity index (χ2n) is 6.61. The van der Waals surface area contributed by atoms with E-state index in [-0.39, 0.29) is 0 Å².